The lowest BCUT2D eigenvalue weighted by Crippen LogP contribution is -2.39. The van der Waals surface area contributed by atoms with Gasteiger partial charge in [0.05, 0.1) is 6.61 Å². The summed E-state index contributed by atoms with van der Waals surface area (Å²) in [5.74, 6) is 0.846. The Morgan fingerprint density at radius 1 is 1.56 bits per heavy atom. The molecule has 0 aromatic rings. The average molecular weight is 274 g/mol. The highest BCUT2D eigenvalue weighted by atomic mass is 32.2. The zero-order valence-electron chi connectivity index (χ0n) is 11.1. The highest BCUT2D eigenvalue weighted by Gasteiger charge is 2.17. The SMILES string of the molecule is CCOC(=O)C(CCCSC)NCCCN=[N+]=[N-]. The lowest BCUT2D eigenvalue weighted by Gasteiger charge is -2.16. The minimum atomic E-state index is -0.247. The number of azide groups is 1. The van der Waals surface area contributed by atoms with E-state index in [1.807, 2.05) is 6.26 Å². The molecule has 0 saturated heterocycles. The van der Waals surface area contributed by atoms with Crippen LogP contribution >= 0.6 is 11.8 Å². The zero-order chi connectivity index (χ0) is 13.6. The Bertz CT molecular complexity index is 270. The largest absolute Gasteiger partial charge is 0.465 e. The van der Waals surface area contributed by atoms with Crippen LogP contribution in [0.5, 0.6) is 0 Å². The third-order valence-electron chi connectivity index (χ3n) is 2.30. The van der Waals surface area contributed by atoms with Crippen LogP contribution in [0.15, 0.2) is 5.11 Å². The molecule has 0 spiro atoms. The van der Waals surface area contributed by atoms with Gasteiger partial charge in [-0.25, -0.2) is 0 Å². The Kier molecular flexibility index (Phi) is 11.9. The van der Waals surface area contributed by atoms with Crippen molar-refractivity contribution < 1.29 is 9.53 Å². The molecular weight excluding hydrogens is 252 g/mol. The van der Waals surface area contributed by atoms with Gasteiger partial charge < -0.3 is 10.1 Å². The van der Waals surface area contributed by atoms with Gasteiger partial charge in [-0.1, -0.05) is 5.11 Å². The van der Waals surface area contributed by atoms with Crippen LogP contribution in [0.3, 0.4) is 0 Å². The highest BCUT2D eigenvalue weighted by Crippen LogP contribution is 2.05. The number of hydrogen-bond acceptors (Lipinski definition) is 5. The second kappa shape index (κ2) is 12.5. The predicted octanol–water partition coefficient (Wildman–Crippen LogP) is 2.35. The molecule has 0 bridgehead atoms. The molecule has 0 saturated carbocycles. The fourth-order valence-corrected chi connectivity index (χ4v) is 1.90. The molecule has 1 N–H and O–H groups in total. The van der Waals surface area contributed by atoms with Crippen molar-refractivity contribution in [3.05, 3.63) is 10.4 Å². The Hall–Kier alpha value is -0.910. The number of ether oxygens (including phenoxy) is 1. The van der Waals surface area contributed by atoms with Crippen molar-refractivity contribution in [2.24, 2.45) is 5.11 Å². The molecule has 0 rings (SSSR count). The minimum Gasteiger partial charge on any atom is -0.465 e. The zero-order valence-corrected chi connectivity index (χ0v) is 11.9. The van der Waals surface area contributed by atoms with E-state index in [-0.39, 0.29) is 12.0 Å². The van der Waals surface area contributed by atoms with Gasteiger partial charge >= 0.3 is 5.97 Å². The van der Waals surface area contributed by atoms with Crippen LogP contribution in [0, 0.1) is 0 Å². The van der Waals surface area contributed by atoms with E-state index in [0.29, 0.717) is 19.7 Å². The molecule has 0 aromatic carbocycles. The molecule has 1 unspecified atom stereocenters. The van der Waals surface area contributed by atoms with Gasteiger partial charge in [0, 0.05) is 11.5 Å². The number of esters is 1. The Labute approximate surface area is 112 Å². The Morgan fingerprint density at radius 3 is 2.94 bits per heavy atom. The van der Waals surface area contributed by atoms with E-state index in [1.54, 1.807) is 18.7 Å². The third kappa shape index (κ3) is 9.15. The summed E-state index contributed by atoms with van der Waals surface area (Å²) in [6, 6.07) is -0.247. The van der Waals surface area contributed by atoms with E-state index >= 15 is 0 Å². The van der Waals surface area contributed by atoms with E-state index in [2.05, 4.69) is 15.3 Å². The number of carbonyl (C=O) groups is 1. The van der Waals surface area contributed by atoms with Crippen molar-refractivity contribution in [2.75, 3.05) is 31.7 Å². The van der Waals surface area contributed by atoms with Gasteiger partial charge in [0.1, 0.15) is 6.04 Å². The lowest BCUT2D eigenvalue weighted by molar-refractivity contribution is -0.145. The van der Waals surface area contributed by atoms with Crippen molar-refractivity contribution >= 4 is 17.7 Å². The summed E-state index contributed by atoms with van der Waals surface area (Å²) < 4.78 is 5.02. The van der Waals surface area contributed by atoms with E-state index in [0.717, 1.165) is 25.0 Å². The molecule has 7 heteroatoms. The Morgan fingerprint density at radius 2 is 2.33 bits per heavy atom. The number of rotatable bonds is 11. The molecule has 18 heavy (non-hydrogen) atoms. The van der Waals surface area contributed by atoms with Gasteiger partial charge in [-0.05, 0) is 50.3 Å². The van der Waals surface area contributed by atoms with Crippen LogP contribution in [0.25, 0.3) is 10.4 Å². The number of thioether (sulfide) groups is 1. The summed E-state index contributed by atoms with van der Waals surface area (Å²) in [6.07, 6.45) is 4.53. The third-order valence-corrected chi connectivity index (χ3v) is 3.00. The molecule has 0 radical (unpaired) electrons. The lowest BCUT2D eigenvalue weighted by atomic mass is 10.1. The summed E-state index contributed by atoms with van der Waals surface area (Å²) in [6.45, 7) is 3.31. The van der Waals surface area contributed by atoms with Crippen molar-refractivity contribution in [3.8, 4) is 0 Å². The molecule has 0 aliphatic carbocycles. The van der Waals surface area contributed by atoms with E-state index in [9.17, 15) is 4.79 Å². The van der Waals surface area contributed by atoms with Gasteiger partial charge in [0.2, 0.25) is 0 Å². The van der Waals surface area contributed by atoms with Gasteiger partial charge in [-0.3, -0.25) is 4.79 Å². The first kappa shape index (κ1) is 17.1. The molecule has 0 amide bonds. The van der Waals surface area contributed by atoms with Gasteiger partial charge in [0.25, 0.3) is 0 Å². The molecule has 0 aromatic heterocycles. The highest BCUT2D eigenvalue weighted by molar-refractivity contribution is 7.98. The summed E-state index contributed by atoms with van der Waals surface area (Å²) in [5.41, 5.74) is 8.14. The second-order valence-corrected chi connectivity index (χ2v) is 4.69. The second-order valence-electron chi connectivity index (χ2n) is 3.70. The summed E-state index contributed by atoms with van der Waals surface area (Å²) in [5, 5.41) is 6.60. The molecule has 6 nitrogen and oxygen atoms in total. The molecule has 104 valence electrons. The maximum atomic E-state index is 11.7. The topological polar surface area (TPSA) is 87.1 Å². The van der Waals surface area contributed by atoms with Crippen molar-refractivity contribution in [3.63, 3.8) is 0 Å². The fourth-order valence-electron chi connectivity index (χ4n) is 1.45. The molecule has 1 atom stereocenters. The van der Waals surface area contributed by atoms with E-state index in [4.69, 9.17) is 10.3 Å². The van der Waals surface area contributed by atoms with Crippen molar-refractivity contribution in [1.82, 2.24) is 5.32 Å². The van der Waals surface area contributed by atoms with Gasteiger partial charge in [-0.15, -0.1) is 0 Å². The summed E-state index contributed by atoms with van der Waals surface area (Å²) >= 11 is 1.77. The quantitative estimate of drug-likeness (QED) is 0.206. The van der Waals surface area contributed by atoms with E-state index in [1.165, 1.54) is 0 Å². The first-order valence-corrected chi connectivity index (χ1v) is 7.55. The average Bonchev–Trinajstić information content (AvgIpc) is 2.37. The monoisotopic (exact) mass is 274 g/mol. The normalized spacial score (nSPS) is 11.7. The van der Waals surface area contributed by atoms with Crippen molar-refractivity contribution in [2.45, 2.75) is 32.2 Å². The first-order valence-electron chi connectivity index (χ1n) is 6.16. The van der Waals surface area contributed by atoms with Crippen LogP contribution in [-0.4, -0.2) is 43.7 Å². The van der Waals surface area contributed by atoms with Crippen LogP contribution < -0.4 is 5.32 Å². The maximum Gasteiger partial charge on any atom is 0.323 e. The summed E-state index contributed by atoms with van der Waals surface area (Å²) in [7, 11) is 0. The number of nitrogens with one attached hydrogen (secondary N) is 1. The smallest absolute Gasteiger partial charge is 0.323 e. The minimum absolute atomic E-state index is 0.192. The number of carbonyl (C=O) groups excluding carboxylic acids is 1. The fraction of sp³-hybridized carbons (Fsp3) is 0.909. The summed E-state index contributed by atoms with van der Waals surface area (Å²) in [4.78, 5) is 14.4. The van der Waals surface area contributed by atoms with Crippen LogP contribution in [0.4, 0.5) is 0 Å². The van der Waals surface area contributed by atoms with E-state index < -0.39 is 0 Å². The predicted molar refractivity (Wildman–Crippen MR) is 74.7 cm³/mol. The molecule has 0 aliphatic heterocycles. The Balaban J connectivity index is 3.95. The standard InChI is InChI=1S/C11H22N4O2S/c1-3-17-11(16)10(6-4-9-18-2)13-7-5-8-14-15-12/h10,13H,3-9H2,1-2H3. The van der Waals surface area contributed by atoms with Gasteiger partial charge in [-0.2, -0.15) is 11.8 Å². The number of hydrogen-bond donors (Lipinski definition) is 1. The molecule has 0 fully saturated rings. The number of nitrogens with zero attached hydrogens (tertiary/aromatic N) is 3. The van der Waals surface area contributed by atoms with Crippen LogP contribution in [-0.2, 0) is 9.53 Å². The molecule has 0 heterocycles. The maximum absolute atomic E-state index is 11.7. The van der Waals surface area contributed by atoms with Crippen molar-refractivity contribution in [1.29, 1.82) is 0 Å². The van der Waals surface area contributed by atoms with Crippen LogP contribution in [0.1, 0.15) is 26.2 Å². The first-order chi connectivity index (χ1) is 8.76. The van der Waals surface area contributed by atoms with Crippen LogP contribution in [0.2, 0.25) is 0 Å². The van der Waals surface area contributed by atoms with Gasteiger partial charge in [0.15, 0.2) is 0 Å². The molecular formula is C11H22N4O2S. The molecule has 0 aliphatic rings.